The van der Waals surface area contributed by atoms with Gasteiger partial charge in [0.25, 0.3) is 0 Å². The largest absolute Gasteiger partial charge is 0.472 e. The molecule has 4 heteroatoms. The zero-order valence-corrected chi connectivity index (χ0v) is 13.8. The molecule has 2 aromatic carbocycles. The van der Waals surface area contributed by atoms with E-state index in [1.165, 1.54) is 0 Å². The molecule has 0 bridgehead atoms. The topological polar surface area (TPSA) is 39.2 Å². The van der Waals surface area contributed by atoms with Crippen LogP contribution >= 0.6 is 11.6 Å². The summed E-state index contributed by atoms with van der Waals surface area (Å²) in [6.07, 6.45) is 3.37. The van der Waals surface area contributed by atoms with Gasteiger partial charge in [-0.1, -0.05) is 35.9 Å². The lowest BCUT2D eigenvalue weighted by molar-refractivity contribution is 0.568. The highest BCUT2D eigenvalue weighted by Crippen LogP contribution is 2.37. The molecule has 0 atom stereocenters. The molecule has 0 aliphatic carbocycles. The van der Waals surface area contributed by atoms with Crippen molar-refractivity contribution in [3.63, 3.8) is 0 Å². The van der Waals surface area contributed by atoms with Crippen LogP contribution in [-0.2, 0) is 0 Å². The lowest BCUT2D eigenvalue weighted by Gasteiger charge is -2.06. The van der Waals surface area contributed by atoms with Crippen LogP contribution < -0.4 is 0 Å². The number of hydrogen-bond acceptors (Lipinski definition) is 3. The molecular weight excluding hydrogens is 334 g/mol. The van der Waals surface area contributed by atoms with Crippen LogP contribution in [0.15, 0.2) is 82.0 Å². The Hall–Kier alpha value is -3.04. The Morgan fingerprint density at radius 1 is 0.880 bits per heavy atom. The summed E-state index contributed by atoms with van der Waals surface area (Å²) in [5, 5.41) is 1.67. The molecule has 0 saturated carbocycles. The van der Waals surface area contributed by atoms with Crippen LogP contribution in [0.5, 0.6) is 0 Å². The van der Waals surface area contributed by atoms with Crippen LogP contribution in [-0.4, -0.2) is 4.98 Å². The Morgan fingerprint density at radius 3 is 2.64 bits per heavy atom. The Morgan fingerprint density at radius 2 is 1.80 bits per heavy atom. The highest BCUT2D eigenvalue weighted by atomic mass is 35.5. The quantitative estimate of drug-likeness (QED) is 0.363. The second-order valence-corrected chi connectivity index (χ2v) is 6.29. The van der Waals surface area contributed by atoms with Gasteiger partial charge in [-0.2, -0.15) is 0 Å². The van der Waals surface area contributed by atoms with Crippen molar-refractivity contribution >= 4 is 33.7 Å². The zero-order valence-electron chi connectivity index (χ0n) is 13.1. The summed E-state index contributed by atoms with van der Waals surface area (Å²) in [6.45, 7) is 0. The molecule has 3 heterocycles. The number of rotatable bonds is 2. The van der Waals surface area contributed by atoms with Crippen LogP contribution in [0, 0.1) is 0 Å². The Kier molecular flexibility index (Phi) is 3.15. The third-order valence-corrected chi connectivity index (χ3v) is 4.51. The first kappa shape index (κ1) is 14.3. The van der Waals surface area contributed by atoms with Gasteiger partial charge >= 0.3 is 0 Å². The van der Waals surface area contributed by atoms with E-state index in [0.717, 1.165) is 44.5 Å². The molecule has 0 spiro atoms. The summed E-state index contributed by atoms with van der Waals surface area (Å²) in [4.78, 5) is 4.86. The van der Waals surface area contributed by atoms with E-state index >= 15 is 0 Å². The Balaban J connectivity index is 1.89. The van der Waals surface area contributed by atoms with Gasteiger partial charge in [0, 0.05) is 27.1 Å². The number of nitrogens with zero attached hydrogens (tertiary/aromatic N) is 1. The first-order valence-electron chi connectivity index (χ1n) is 7.90. The molecule has 5 rings (SSSR count). The summed E-state index contributed by atoms with van der Waals surface area (Å²) in [6, 6.07) is 19.6. The minimum absolute atomic E-state index is 0.682. The maximum absolute atomic E-state index is 6.16. The van der Waals surface area contributed by atoms with Crippen molar-refractivity contribution in [1.29, 1.82) is 0 Å². The lowest BCUT2D eigenvalue weighted by Crippen LogP contribution is -1.87. The zero-order chi connectivity index (χ0) is 16.8. The van der Waals surface area contributed by atoms with Crippen molar-refractivity contribution in [3.05, 3.63) is 78.2 Å². The van der Waals surface area contributed by atoms with Crippen molar-refractivity contribution in [2.45, 2.75) is 0 Å². The summed E-state index contributed by atoms with van der Waals surface area (Å²) in [5.41, 5.74) is 6.12. The molecule has 0 radical (unpaired) electrons. The fraction of sp³-hybridized carbons (Fsp3) is 0. The maximum Gasteiger partial charge on any atom is 0.161 e. The van der Waals surface area contributed by atoms with Crippen LogP contribution in [0.25, 0.3) is 44.5 Å². The third-order valence-electron chi connectivity index (χ3n) is 4.28. The van der Waals surface area contributed by atoms with Crippen LogP contribution in [0.1, 0.15) is 0 Å². The smallest absolute Gasteiger partial charge is 0.161 e. The van der Waals surface area contributed by atoms with E-state index in [1.807, 2.05) is 60.7 Å². The SMILES string of the molecule is Clc1cccc(-c2cc(-c3ccoc3)c3oc4ccccc4c3n2)c1. The van der Waals surface area contributed by atoms with E-state index in [4.69, 9.17) is 25.4 Å². The first-order valence-corrected chi connectivity index (χ1v) is 8.28. The van der Waals surface area contributed by atoms with Crippen molar-refractivity contribution < 1.29 is 8.83 Å². The molecule has 0 saturated heterocycles. The molecule has 0 amide bonds. The predicted molar refractivity (Wildman–Crippen MR) is 99.7 cm³/mol. The molecule has 0 fully saturated rings. The Labute approximate surface area is 148 Å². The molecular formula is C21H12ClNO2. The average molecular weight is 346 g/mol. The average Bonchev–Trinajstić information content (AvgIpc) is 3.29. The lowest BCUT2D eigenvalue weighted by atomic mass is 10.0. The number of para-hydroxylation sites is 1. The number of pyridine rings is 1. The molecule has 0 unspecified atom stereocenters. The number of aromatic nitrogens is 1. The van der Waals surface area contributed by atoms with E-state index in [1.54, 1.807) is 12.5 Å². The van der Waals surface area contributed by atoms with Gasteiger partial charge in [0.15, 0.2) is 5.58 Å². The van der Waals surface area contributed by atoms with Crippen molar-refractivity contribution in [1.82, 2.24) is 4.98 Å². The van der Waals surface area contributed by atoms with Crippen molar-refractivity contribution in [3.8, 4) is 22.4 Å². The van der Waals surface area contributed by atoms with Gasteiger partial charge in [0.05, 0.1) is 18.2 Å². The van der Waals surface area contributed by atoms with Gasteiger partial charge in [-0.15, -0.1) is 0 Å². The summed E-state index contributed by atoms with van der Waals surface area (Å²) >= 11 is 6.16. The molecule has 120 valence electrons. The second kappa shape index (κ2) is 5.50. The minimum atomic E-state index is 0.682. The van der Waals surface area contributed by atoms with Crippen molar-refractivity contribution in [2.24, 2.45) is 0 Å². The van der Waals surface area contributed by atoms with Gasteiger partial charge in [-0.05, 0) is 36.4 Å². The molecule has 0 aliphatic rings. The third kappa shape index (κ3) is 2.32. The predicted octanol–water partition coefficient (Wildman–Crippen LogP) is 6.56. The fourth-order valence-electron chi connectivity index (χ4n) is 3.11. The van der Waals surface area contributed by atoms with Gasteiger partial charge in [0.1, 0.15) is 11.1 Å². The fourth-order valence-corrected chi connectivity index (χ4v) is 3.30. The minimum Gasteiger partial charge on any atom is -0.472 e. The van der Waals surface area contributed by atoms with Gasteiger partial charge in [0.2, 0.25) is 0 Å². The summed E-state index contributed by atoms with van der Waals surface area (Å²) < 4.78 is 11.4. The van der Waals surface area contributed by atoms with Crippen LogP contribution in [0.3, 0.4) is 0 Å². The number of furan rings is 2. The second-order valence-electron chi connectivity index (χ2n) is 5.85. The number of halogens is 1. The van der Waals surface area contributed by atoms with Gasteiger partial charge < -0.3 is 8.83 Å². The van der Waals surface area contributed by atoms with Crippen molar-refractivity contribution in [2.75, 3.05) is 0 Å². The summed E-state index contributed by atoms with van der Waals surface area (Å²) in [7, 11) is 0. The molecule has 5 aromatic rings. The van der Waals surface area contributed by atoms with E-state index in [9.17, 15) is 0 Å². The molecule has 0 aliphatic heterocycles. The standard InChI is InChI=1S/C21H12ClNO2/c22-15-5-3-4-13(10-15)18-11-17(14-8-9-24-12-14)21-20(23-18)16-6-1-2-7-19(16)25-21/h1-12H. The normalized spacial score (nSPS) is 11.4. The molecule has 3 nitrogen and oxygen atoms in total. The highest BCUT2D eigenvalue weighted by Gasteiger charge is 2.16. The van der Waals surface area contributed by atoms with Gasteiger partial charge in [-0.3, -0.25) is 0 Å². The van der Waals surface area contributed by atoms with E-state index in [2.05, 4.69) is 0 Å². The van der Waals surface area contributed by atoms with Crippen LogP contribution in [0.2, 0.25) is 5.02 Å². The molecule has 0 N–H and O–H groups in total. The van der Waals surface area contributed by atoms with E-state index in [-0.39, 0.29) is 0 Å². The molecule has 25 heavy (non-hydrogen) atoms. The summed E-state index contributed by atoms with van der Waals surface area (Å²) in [5.74, 6) is 0. The number of hydrogen-bond donors (Lipinski definition) is 0. The van der Waals surface area contributed by atoms with E-state index in [0.29, 0.717) is 5.02 Å². The highest BCUT2D eigenvalue weighted by molar-refractivity contribution is 6.30. The molecule has 3 aromatic heterocycles. The Bertz CT molecular complexity index is 1210. The monoisotopic (exact) mass is 345 g/mol. The maximum atomic E-state index is 6.16. The van der Waals surface area contributed by atoms with Gasteiger partial charge in [-0.25, -0.2) is 4.98 Å². The van der Waals surface area contributed by atoms with Crippen LogP contribution in [0.4, 0.5) is 0 Å². The number of fused-ring (bicyclic) bond motifs is 3. The van der Waals surface area contributed by atoms with E-state index < -0.39 is 0 Å². The first-order chi connectivity index (χ1) is 12.3. The number of benzene rings is 2.